The first-order valence-electron chi connectivity index (χ1n) is 18.7. The monoisotopic (exact) mass is 826 g/mol. The van der Waals surface area contributed by atoms with Gasteiger partial charge >= 0.3 is 5.97 Å². The van der Waals surface area contributed by atoms with Gasteiger partial charge in [0.1, 0.15) is 28.6 Å². The van der Waals surface area contributed by atoms with Crippen molar-refractivity contribution < 1.29 is 33.9 Å². The topological polar surface area (TPSA) is 177 Å². The number of amides is 3. The van der Waals surface area contributed by atoms with Crippen LogP contribution in [0.5, 0.6) is 5.75 Å². The highest BCUT2D eigenvalue weighted by atomic mass is 32.2. The Labute approximate surface area is 347 Å². The van der Waals surface area contributed by atoms with Crippen LogP contribution >= 0.6 is 23.1 Å². The number of carboxylic acids is 1. The number of carbonyl (C=O) groups is 4. The molecule has 3 aliphatic heterocycles. The number of nitrogens with two attached hydrogens (primary N) is 1. The van der Waals surface area contributed by atoms with E-state index in [-0.39, 0.29) is 33.9 Å². The van der Waals surface area contributed by atoms with E-state index < -0.39 is 34.8 Å². The number of nitrogens with one attached hydrogen (secondary N) is 1. The number of allylic oxidation sites excluding steroid dienone is 1. The SMILES string of the molecule is COc1cccc(CN2CCC(=CC3=C(C(=O)O)N4C(=O)[C@@H](NC(=O)C(=NOC(c5ccccc5)(c5ccccc5)c5ccccc5)c5csc(N)n5)[C@H]4SC3)C2=O)c1. The Bertz CT molecular complexity index is 2410. The molecule has 0 saturated carbocycles. The Kier molecular flexibility index (Phi) is 11.0. The molecule has 0 unspecified atom stereocenters. The number of benzene rings is 4. The van der Waals surface area contributed by atoms with Crippen LogP contribution in [-0.4, -0.2) is 80.1 Å². The van der Waals surface area contributed by atoms with E-state index in [2.05, 4.69) is 15.5 Å². The number of aliphatic carboxylic acids is 1. The lowest BCUT2D eigenvalue weighted by Gasteiger charge is -2.49. The summed E-state index contributed by atoms with van der Waals surface area (Å²) in [6, 6.07) is 34.9. The first-order chi connectivity index (χ1) is 28.7. The van der Waals surface area contributed by atoms with Crippen molar-refractivity contribution in [2.45, 2.75) is 30.0 Å². The van der Waals surface area contributed by atoms with Gasteiger partial charge in [0.2, 0.25) is 11.5 Å². The number of thioether (sulfide) groups is 1. The largest absolute Gasteiger partial charge is 0.497 e. The van der Waals surface area contributed by atoms with E-state index in [1.807, 2.05) is 115 Å². The maximum Gasteiger partial charge on any atom is 0.352 e. The number of β-lactam (4-membered cyclic amide) rings is 1. The number of thiazole rings is 1. The summed E-state index contributed by atoms with van der Waals surface area (Å²) in [5.74, 6) is -2.03. The van der Waals surface area contributed by atoms with E-state index in [0.29, 0.717) is 36.4 Å². The number of fused-ring (bicyclic) bond motifs is 1. The molecule has 298 valence electrons. The molecular formula is C44H38N6O7S2. The average Bonchev–Trinajstić information content (AvgIpc) is 3.85. The van der Waals surface area contributed by atoms with Crippen LogP contribution in [0.1, 0.15) is 34.4 Å². The molecule has 13 nitrogen and oxygen atoms in total. The summed E-state index contributed by atoms with van der Waals surface area (Å²) < 4.78 is 5.31. The van der Waals surface area contributed by atoms with Gasteiger partial charge in [0.05, 0.1) is 7.11 Å². The normalized spacial score (nSPS) is 18.7. The predicted molar refractivity (Wildman–Crippen MR) is 224 cm³/mol. The van der Waals surface area contributed by atoms with Crippen LogP contribution in [0.4, 0.5) is 5.13 Å². The second kappa shape index (κ2) is 16.6. The molecule has 4 aromatic carbocycles. The molecule has 0 radical (unpaired) electrons. The molecule has 0 bridgehead atoms. The fraction of sp³-hybridized carbons (Fsp3) is 0.182. The van der Waals surface area contributed by atoms with Crippen molar-refractivity contribution in [1.29, 1.82) is 0 Å². The number of hydrogen-bond donors (Lipinski definition) is 3. The fourth-order valence-electron chi connectivity index (χ4n) is 7.51. The first-order valence-corrected chi connectivity index (χ1v) is 20.6. The number of rotatable bonds is 13. The number of hydrogen-bond acceptors (Lipinski definition) is 11. The Hall–Kier alpha value is -6.71. The highest BCUT2D eigenvalue weighted by Crippen LogP contribution is 2.43. The van der Waals surface area contributed by atoms with Gasteiger partial charge in [-0.3, -0.25) is 19.3 Å². The maximum absolute atomic E-state index is 14.3. The standard InChI is InChI=1S/C44H38N6O7S2/c1-56-33-19-11-12-27(22-33)24-49-21-20-28(39(49)52)23-29-25-58-41-36(40(53)50(41)37(29)42(54)55)47-38(51)35(34-26-59-43(45)46-34)48-57-44(30-13-5-2-6-14-30,31-15-7-3-8-16-31)32-17-9-4-10-18-32/h2-19,22-23,26,36,41H,20-21,24-25H2,1H3,(H2,45,46)(H,47,51)(H,54,55)/t36-,41-/m1/s1. The van der Waals surface area contributed by atoms with Crippen molar-refractivity contribution in [3.05, 3.63) is 172 Å². The van der Waals surface area contributed by atoms with Gasteiger partial charge in [0, 0.05) is 46.5 Å². The molecule has 0 spiro atoms. The minimum absolute atomic E-state index is 0.134. The van der Waals surface area contributed by atoms with Crippen LogP contribution in [0, 0.1) is 0 Å². The number of carbonyl (C=O) groups excluding carboxylic acids is 3. The second-order valence-electron chi connectivity index (χ2n) is 13.9. The third kappa shape index (κ3) is 7.57. The van der Waals surface area contributed by atoms with Crippen molar-refractivity contribution in [3.63, 3.8) is 0 Å². The Morgan fingerprint density at radius 3 is 2.19 bits per heavy atom. The summed E-state index contributed by atoms with van der Waals surface area (Å²) in [4.78, 5) is 68.1. The molecule has 1 aromatic heterocycles. The van der Waals surface area contributed by atoms with Crippen LogP contribution in [0.15, 0.2) is 149 Å². The number of carboxylic acid groups (broad SMARTS) is 1. The molecule has 8 rings (SSSR count). The molecule has 15 heteroatoms. The zero-order valence-corrected chi connectivity index (χ0v) is 33.3. The smallest absolute Gasteiger partial charge is 0.352 e. The molecule has 3 aliphatic rings. The lowest BCUT2D eigenvalue weighted by molar-refractivity contribution is -0.150. The number of anilines is 1. The number of oxime groups is 1. The molecule has 0 aliphatic carbocycles. The van der Waals surface area contributed by atoms with Gasteiger partial charge in [0.25, 0.3) is 11.8 Å². The van der Waals surface area contributed by atoms with Gasteiger partial charge in [-0.25, -0.2) is 9.78 Å². The second-order valence-corrected chi connectivity index (χ2v) is 15.9. The van der Waals surface area contributed by atoms with Gasteiger partial charge in [-0.1, -0.05) is 108 Å². The Morgan fingerprint density at radius 1 is 0.966 bits per heavy atom. The predicted octanol–water partition coefficient (Wildman–Crippen LogP) is 5.54. The number of ether oxygens (including phenoxy) is 1. The highest BCUT2D eigenvalue weighted by molar-refractivity contribution is 8.00. The van der Waals surface area contributed by atoms with Gasteiger partial charge in [-0.15, -0.1) is 23.1 Å². The summed E-state index contributed by atoms with van der Waals surface area (Å²) in [7, 11) is 1.58. The summed E-state index contributed by atoms with van der Waals surface area (Å²) in [6.07, 6.45) is 2.01. The number of aromatic nitrogens is 1. The number of likely N-dealkylation sites (tertiary alicyclic amines) is 1. The van der Waals surface area contributed by atoms with E-state index in [9.17, 15) is 24.3 Å². The molecular weight excluding hydrogens is 789 g/mol. The molecule has 2 fully saturated rings. The summed E-state index contributed by atoms with van der Waals surface area (Å²) in [5.41, 5.74) is 8.31. The molecule has 5 aromatic rings. The maximum atomic E-state index is 14.3. The quantitative estimate of drug-likeness (QED) is 0.0449. The van der Waals surface area contributed by atoms with Crippen molar-refractivity contribution in [2.75, 3.05) is 25.1 Å². The summed E-state index contributed by atoms with van der Waals surface area (Å²) >= 11 is 2.40. The number of nitrogen functional groups attached to an aromatic ring is 1. The zero-order valence-electron chi connectivity index (χ0n) is 31.7. The zero-order chi connectivity index (χ0) is 41.1. The molecule has 3 amide bonds. The molecule has 2 atom stereocenters. The average molecular weight is 827 g/mol. The third-order valence-corrected chi connectivity index (χ3v) is 12.3. The van der Waals surface area contributed by atoms with Crippen LogP contribution in [-0.2, 0) is 36.2 Å². The molecule has 4 heterocycles. The van der Waals surface area contributed by atoms with Gasteiger partial charge < -0.3 is 30.6 Å². The van der Waals surface area contributed by atoms with Crippen molar-refractivity contribution in [1.82, 2.24) is 20.1 Å². The first kappa shape index (κ1) is 39.1. The van der Waals surface area contributed by atoms with Crippen LogP contribution in [0.2, 0.25) is 0 Å². The van der Waals surface area contributed by atoms with Crippen LogP contribution in [0.25, 0.3) is 0 Å². The van der Waals surface area contributed by atoms with E-state index in [1.165, 1.54) is 16.7 Å². The van der Waals surface area contributed by atoms with E-state index in [4.69, 9.17) is 15.3 Å². The third-order valence-electron chi connectivity index (χ3n) is 10.4. The summed E-state index contributed by atoms with van der Waals surface area (Å²) in [5, 5.41) is 18.7. The van der Waals surface area contributed by atoms with Gasteiger partial charge in [0.15, 0.2) is 10.8 Å². The van der Waals surface area contributed by atoms with Crippen LogP contribution < -0.4 is 15.8 Å². The van der Waals surface area contributed by atoms with E-state index in [1.54, 1.807) is 23.5 Å². The lowest BCUT2D eigenvalue weighted by atomic mass is 9.80. The Balaban J connectivity index is 1.07. The fourth-order valence-corrected chi connectivity index (χ4v) is 9.36. The summed E-state index contributed by atoms with van der Waals surface area (Å²) in [6.45, 7) is 0.835. The highest BCUT2D eigenvalue weighted by Gasteiger charge is 2.54. The van der Waals surface area contributed by atoms with Crippen molar-refractivity contribution in [2.24, 2.45) is 5.16 Å². The van der Waals surface area contributed by atoms with Gasteiger partial charge in [-0.2, -0.15) is 0 Å². The lowest BCUT2D eigenvalue weighted by Crippen LogP contribution is -2.71. The minimum Gasteiger partial charge on any atom is -0.497 e. The van der Waals surface area contributed by atoms with Gasteiger partial charge in [-0.05, 0) is 35.8 Å². The van der Waals surface area contributed by atoms with Crippen molar-refractivity contribution >= 4 is 57.6 Å². The molecule has 2 saturated heterocycles. The van der Waals surface area contributed by atoms with Crippen LogP contribution in [0.3, 0.4) is 0 Å². The number of methoxy groups -OCH3 is 1. The van der Waals surface area contributed by atoms with Crippen molar-refractivity contribution in [3.8, 4) is 5.75 Å². The van der Waals surface area contributed by atoms with E-state index in [0.717, 1.165) is 33.6 Å². The molecule has 59 heavy (non-hydrogen) atoms. The minimum atomic E-state index is -1.32. The molecule has 4 N–H and O–H groups in total. The number of nitrogens with zero attached hydrogens (tertiary/aromatic N) is 4. The Morgan fingerprint density at radius 2 is 1.61 bits per heavy atom. The van der Waals surface area contributed by atoms with E-state index >= 15 is 0 Å².